The molecule has 0 radical (unpaired) electrons. The van der Waals surface area contributed by atoms with Gasteiger partial charge in [0.05, 0.1) is 30.3 Å². The smallest absolute Gasteiger partial charge is 0.272 e. The molecule has 1 saturated heterocycles. The van der Waals surface area contributed by atoms with Crippen LogP contribution in [0.5, 0.6) is 0 Å². The maximum absolute atomic E-state index is 13.1. The number of nitrogens with one attached hydrogen (secondary N) is 1. The number of rotatable bonds is 5. The van der Waals surface area contributed by atoms with Crippen LogP contribution in [0.1, 0.15) is 13.3 Å². The number of benzene rings is 2. The molecule has 2 aromatic rings. The van der Waals surface area contributed by atoms with Gasteiger partial charge >= 0.3 is 0 Å². The van der Waals surface area contributed by atoms with Gasteiger partial charge in [0, 0.05) is 24.0 Å². The Morgan fingerprint density at radius 3 is 2.57 bits per heavy atom. The number of carbonyl (C=O) groups excluding carboxylic acids is 2. The summed E-state index contributed by atoms with van der Waals surface area (Å²) in [4.78, 5) is 27.4. The van der Waals surface area contributed by atoms with Crippen molar-refractivity contribution < 1.29 is 14.3 Å². The number of ether oxygens (including phenoxy) is 1. The summed E-state index contributed by atoms with van der Waals surface area (Å²) in [6, 6.07) is 14.8. The molecule has 1 amide bonds. The number of para-hydroxylation sites is 1. The number of nitrogens with zero attached hydrogens (tertiary/aromatic N) is 3. The molecule has 2 aliphatic rings. The minimum atomic E-state index is -0.477. The van der Waals surface area contributed by atoms with Crippen LogP contribution in [0.2, 0.25) is 0 Å². The minimum Gasteiger partial charge on any atom is -0.378 e. The molecule has 0 saturated carbocycles. The normalized spacial score (nSPS) is 18.9. The SMILES string of the molecule is CC(=O)C1CC(C(=O)Nc2cc(Br)ccc2N2CCOCC2)=NN1c1ccccc1. The predicted octanol–water partition coefficient (Wildman–Crippen LogP) is 3.45. The lowest BCUT2D eigenvalue weighted by Gasteiger charge is -2.30. The Kier molecular flexibility index (Phi) is 6.15. The number of carbonyl (C=O) groups is 2. The first-order valence-corrected chi connectivity index (χ1v) is 10.7. The van der Waals surface area contributed by atoms with Crippen LogP contribution >= 0.6 is 15.9 Å². The Labute approximate surface area is 183 Å². The Morgan fingerprint density at radius 1 is 1.13 bits per heavy atom. The second-order valence-corrected chi connectivity index (χ2v) is 8.19. The van der Waals surface area contributed by atoms with Gasteiger partial charge in [0.2, 0.25) is 0 Å². The summed E-state index contributed by atoms with van der Waals surface area (Å²) in [6.07, 6.45) is 0.275. The van der Waals surface area contributed by atoms with Crippen LogP contribution in [0, 0.1) is 0 Å². The highest BCUT2D eigenvalue weighted by Crippen LogP contribution is 2.31. The zero-order chi connectivity index (χ0) is 21.1. The number of anilines is 3. The van der Waals surface area contributed by atoms with E-state index in [1.165, 1.54) is 6.92 Å². The Bertz CT molecular complexity index is 974. The summed E-state index contributed by atoms with van der Waals surface area (Å²) in [5, 5.41) is 9.14. The maximum Gasteiger partial charge on any atom is 0.272 e. The third-order valence-electron chi connectivity index (χ3n) is 5.22. The van der Waals surface area contributed by atoms with Crippen LogP contribution in [-0.4, -0.2) is 49.7 Å². The van der Waals surface area contributed by atoms with Gasteiger partial charge in [0.1, 0.15) is 11.8 Å². The van der Waals surface area contributed by atoms with Crippen LogP contribution in [0.25, 0.3) is 0 Å². The van der Waals surface area contributed by atoms with E-state index >= 15 is 0 Å². The molecule has 4 rings (SSSR count). The molecule has 0 aliphatic carbocycles. The van der Waals surface area contributed by atoms with E-state index in [1.807, 2.05) is 48.5 Å². The second-order valence-electron chi connectivity index (χ2n) is 7.27. The number of hydrazone groups is 1. The minimum absolute atomic E-state index is 0.0261. The van der Waals surface area contributed by atoms with Gasteiger partial charge in [0.25, 0.3) is 5.91 Å². The third kappa shape index (κ3) is 4.39. The fraction of sp³-hybridized carbons (Fsp3) is 0.318. The molecule has 0 bridgehead atoms. The molecule has 7 nitrogen and oxygen atoms in total. The second kappa shape index (κ2) is 8.97. The number of hydrogen-bond donors (Lipinski definition) is 1. The molecule has 1 N–H and O–H groups in total. The van der Waals surface area contributed by atoms with Crippen molar-refractivity contribution in [2.75, 3.05) is 41.5 Å². The van der Waals surface area contributed by atoms with Gasteiger partial charge in [0.15, 0.2) is 5.78 Å². The summed E-state index contributed by atoms with van der Waals surface area (Å²) in [7, 11) is 0. The predicted molar refractivity (Wildman–Crippen MR) is 121 cm³/mol. The van der Waals surface area contributed by atoms with Crippen LogP contribution in [0.3, 0.4) is 0 Å². The van der Waals surface area contributed by atoms with E-state index in [-0.39, 0.29) is 18.1 Å². The topological polar surface area (TPSA) is 74.2 Å². The largest absolute Gasteiger partial charge is 0.378 e. The van der Waals surface area contributed by atoms with Gasteiger partial charge in [-0.15, -0.1) is 0 Å². The zero-order valence-electron chi connectivity index (χ0n) is 16.7. The maximum atomic E-state index is 13.1. The van der Waals surface area contributed by atoms with E-state index in [0.717, 1.165) is 28.9 Å². The van der Waals surface area contributed by atoms with Crippen molar-refractivity contribution >= 4 is 50.4 Å². The zero-order valence-corrected chi connectivity index (χ0v) is 18.3. The molecular weight excluding hydrogens is 448 g/mol. The fourth-order valence-corrected chi connectivity index (χ4v) is 4.03. The highest BCUT2D eigenvalue weighted by atomic mass is 79.9. The van der Waals surface area contributed by atoms with Gasteiger partial charge < -0.3 is 15.0 Å². The first-order chi connectivity index (χ1) is 14.5. The molecular formula is C22H23BrN4O3. The molecule has 156 valence electrons. The third-order valence-corrected chi connectivity index (χ3v) is 5.71. The van der Waals surface area contributed by atoms with E-state index in [2.05, 4.69) is 31.2 Å². The van der Waals surface area contributed by atoms with Crippen molar-refractivity contribution in [3.05, 3.63) is 53.0 Å². The fourth-order valence-electron chi connectivity index (χ4n) is 3.67. The molecule has 2 heterocycles. The summed E-state index contributed by atoms with van der Waals surface area (Å²) in [5.74, 6) is -0.325. The summed E-state index contributed by atoms with van der Waals surface area (Å²) >= 11 is 3.48. The summed E-state index contributed by atoms with van der Waals surface area (Å²) < 4.78 is 6.31. The molecule has 1 fully saturated rings. The van der Waals surface area contributed by atoms with Gasteiger partial charge in [-0.2, -0.15) is 5.10 Å². The first kappa shape index (κ1) is 20.6. The van der Waals surface area contributed by atoms with Crippen LogP contribution in [0.15, 0.2) is 58.1 Å². The van der Waals surface area contributed by atoms with Crippen LogP contribution in [-0.2, 0) is 14.3 Å². The Morgan fingerprint density at radius 2 is 1.87 bits per heavy atom. The van der Waals surface area contributed by atoms with Gasteiger partial charge in [-0.3, -0.25) is 14.6 Å². The number of amides is 1. The Balaban J connectivity index is 1.58. The van der Waals surface area contributed by atoms with E-state index in [4.69, 9.17) is 4.74 Å². The molecule has 2 aliphatic heterocycles. The van der Waals surface area contributed by atoms with E-state index in [0.29, 0.717) is 24.6 Å². The number of hydrogen-bond acceptors (Lipinski definition) is 6. The van der Waals surface area contributed by atoms with Crippen molar-refractivity contribution in [2.45, 2.75) is 19.4 Å². The molecule has 1 atom stereocenters. The lowest BCUT2D eigenvalue weighted by Crippen LogP contribution is -2.37. The molecule has 8 heteroatoms. The van der Waals surface area contributed by atoms with Gasteiger partial charge in [-0.25, -0.2) is 0 Å². The van der Waals surface area contributed by atoms with Crippen molar-refractivity contribution in [2.24, 2.45) is 5.10 Å². The average molecular weight is 471 g/mol. The van der Waals surface area contributed by atoms with E-state index in [1.54, 1.807) is 5.01 Å². The van der Waals surface area contributed by atoms with E-state index in [9.17, 15) is 9.59 Å². The quantitative estimate of drug-likeness (QED) is 0.724. The highest BCUT2D eigenvalue weighted by Gasteiger charge is 2.34. The van der Waals surface area contributed by atoms with Gasteiger partial charge in [-0.1, -0.05) is 34.1 Å². The molecule has 2 aromatic carbocycles. The standard InChI is InChI=1S/C22H23BrN4O3/c1-15(28)21-14-19(25-27(21)17-5-3-2-4-6-17)22(29)24-18-13-16(23)7-8-20(18)26-9-11-30-12-10-26/h2-8,13,21H,9-12,14H2,1H3,(H,24,29). The first-order valence-electron chi connectivity index (χ1n) is 9.89. The molecule has 1 unspecified atom stereocenters. The lowest BCUT2D eigenvalue weighted by molar-refractivity contribution is -0.118. The van der Waals surface area contributed by atoms with Crippen molar-refractivity contribution in [3.63, 3.8) is 0 Å². The number of halogens is 1. The summed E-state index contributed by atoms with van der Waals surface area (Å²) in [5.41, 5.74) is 2.77. The number of morpholine rings is 1. The van der Waals surface area contributed by atoms with Crippen molar-refractivity contribution in [1.82, 2.24) is 0 Å². The Hall–Kier alpha value is -2.71. The molecule has 0 aromatic heterocycles. The summed E-state index contributed by atoms with van der Waals surface area (Å²) in [6.45, 7) is 4.37. The van der Waals surface area contributed by atoms with Crippen LogP contribution < -0.4 is 15.2 Å². The molecule has 0 spiro atoms. The van der Waals surface area contributed by atoms with Crippen molar-refractivity contribution in [1.29, 1.82) is 0 Å². The average Bonchev–Trinajstić information content (AvgIpc) is 3.21. The number of ketones is 1. The lowest BCUT2D eigenvalue weighted by atomic mass is 10.1. The molecule has 30 heavy (non-hydrogen) atoms. The van der Waals surface area contributed by atoms with Crippen molar-refractivity contribution in [3.8, 4) is 0 Å². The monoisotopic (exact) mass is 470 g/mol. The van der Waals surface area contributed by atoms with Gasteiger partial charge in [-0.05, 0) is 37.3 Å². The highest BCUT2D eigenvalue weighted by molar-refractivity contribution is 9.10. The van der Waals surface area contributed by atoms with E-state index < -0.39 is 6.04 Å². The number of Topliss-reactive ketones (excluding diaryl/α,β-unsaturated/α-hetero) is 1. The van der Waals surface area contributed by atoms with Crippen LogP contribution in [0.4, 0.5) is 17.1 Å².